The summed E-state index contributed by atoms with van der Waals surface area (Å²) in [5.41, 5.74) is 2.04. The largest absolute Gasteiger partial charge is 0.497 e. The van der Waals surface area contributed by atoms with Gasteiger partial charge in [-0.15, -0.1) is 0 Å². The van der Waals surface area contributed by atoms with Crippen LogP contribution < -0.4 is 9.64 Å². The highest BCUT2D eigenvalue weighted by molar-refractivity contribution is 5.83. The normalized spacial score (nSPS) is 20.3. The minimum absolute atomic E-state index is 0.0972. The third-order valence-corrected chi connectivity index (χ3v) is 6.47. The molecule has 0 spiro atoms. The molecule has 1 unspecified atom stereocenters. The van der Waals surface area contributed by atoms with E-state index in [1.165, 1.54) is 0 Å². The van der Waals surface area contributed by atoms with Crippen molar-refractivity contribution in [1.82, 2.24) is 14.8 Å². The van der Waals surface area contributed by atoms with Gasteiger partial charge in [0.1, 0.15) is 11.8 Å². The number of ether oxygens (including phenoxy) is 1. The van der Waals surface area contributed by atoms with Gasteiger partial charge in [-0.3, -0.25) is 14.7 Å². The van der Waals surface area contributed by atoms with Gasteiger partial charge in [0.2, 0.25) is 5.91 Å². The van der Waals surface area contributed by atoms with Crippen molar-refractivity contribution in [3.63, 3.8) is 0 Å². The molecule has 0 aliphatic carbocycles. The SMILES string of the molecule is COc1ccc2cc(N(C)C3CCN(CC(=O)N4CCCC4C#N)CC3)cnc2c1. The highest BCUT2D eigenvalue weighted by atomic mass is 16.5. The van der Waals surface area contributed by atoms with Crippen LogP contribution in [-0.4, -0.2) is 73.1 Å². The van der Waals surface area contributed by atoms with Crippen molar-refractivity contribution in [2.75, 3.05) is 45.2 Å². The number of anilines is 1. The molecule has 0 radical (unpaired) electrons. The van der Waals surface area contributed by atoms with E-state index < -0.39 is 0 Å². The number of rotatable bonds is 5. The van der Waals surface area contributed by atoms with E-state index in [1.807, 2.05) is 24.4 Å². The average molecular weight is 408 g/mol. The lowest BCUT2D eigenvalue weighted by Gasteiger charge is -2.38. The van der Waals surface area contributed by atoms with Gasteiger partial charge < -0.3 is 14.5 Å². The second-order valence-corrected chi connectivity index (χ2v) is 8.24. The van der Waals surface area contributed by atoms with Crippen molar-refractivity contribution < 1.29 is 9.53 Å². The molecule has 2 aliphatic heterocycles. The molecular weight excluding hydrogens is 378 g/mol. The number of likely N-dealkylation sites (tertiary alicyclic amines) is 2. The number of piperidine rings is 1. The Balaban J connectivity index is 1.34. The molecule has 2 saturated heterocycles. The second-order valence-electron chi connectivity index (χ2n) is 8.24. The summed E-state index contributed by atoms with van der Waals surface area (Å²) in [7, 11) is 3.79. The Hall–Kier alpha value is -2.85. The summed E-state index contributed by atoms with van der Waals surface area (Å²) in [6.45, 7) is 2.93. The number of hydrogen-bond acceptors (Lipinski definition) is 6. The van der Waals surface area contributed by atoms with Gasteiger partial charge in [0, 0.05) is 44.2 Å². The molecule has 2 fully saturated rings. The Morgan fingerprint density at radius 1 is 1.27 bits per heavy atom. The standard InChI is InChI=1S/C23H29N5O2/c1-26(20-12-17-5-6-21(30-2)13-22(17)25-15-20)18-7-10-27(11-8-18)16-23(29)28-9-3-4-19(28)14-24/h5-6,12-13,15,18-19H,3-4,7-11,16H2,1-2H3. The highest BCUT2D eigenvalue weighted by Gasteiger charge is 2.31. The van der Waals surface area contributed by atoms with E-state index in [1.54, 1.807) is 12.0 Å². The molecular formula is C23H29N5O2. The van der Waals surface area contributed by atoms with Crippen molar-refractivity contribution in [3.05, 3.63) is 30.5 Å². The van der Waals surface area contributed by atoms with Crippen LogP contribution in [0.25, 0.3) is 10.9 Å². The Morgan fingerprint density at radius 2 is 2.07 bits per heavy atom. The zero-order chi connectivity index (χ0) is 21.1. The van der Waals surface area contributed by atoms with Gasteiger partial charge in [-0.25, -0.2) is 0 Å². The van der Waals surface area contributed by atoms with Crippen molar-refractivity contribution in [1.29, 1.82) is 5.26 Å². The number of hydrogen-bond donors (Lipinski definition) is 0. The van der Waals surface area contributed by atoms with Gasteiger partial charge in [-0.2, -0.15) is 5.26 Å². The Kier molecular flexibility index (Phi) is 6.05. The summed E-state index contributed by atoms with van der Waals surface area (Å²) in [5, 5.41) is 10.3. The summed E-state index contributed by atoms with van der Waals surface area (Å²) in [6.07, 6.45) is 5.68. The first-order valence-corrected chi connectivity index (χ1v) is 10.7. The first-order valence-electron chi connectivity index (χ1n) is 10.7. The topological polar surface area (TPSA) is 72.7 Å². The van der Waals surface area contributed by atoms with Crippen LogP contribution in [0.5, 0.6) is 5.75 Å². The zero-order valence-electron chi connectivity index (χ0n) is 17.8. The van der Waals surface area contributed by atoms with Crippen LogP contribution >= 0.6 is 0 Å². The summed E-state index contributed by atoms with van der Waals surface area (Å²) in [4.78, 5) is 23.5. The lowest BCUT2D eigenvalue weighted by Crippen LogP contribution is -2.48. The molecule has 1 aromatic carbocycles. The molecule has 2 aliphatic rings. The van der Waals surface area contributed by atoms with E-state index in [0.29, 0.717) is 12.6 Å². The summed E-state index contributed by atoms with van der Waals surface area (Å²) in [6, 6.07) is 10.6. The van der Waals surface area contributed by atoms with Gasteiger partial charge in [-0.05, 0) is 43.9 Å². The number of methoxy groups -OCH3 is 1. The Bertz CT molecular complexity index is 948. The number of carbonyl (C=O) groups is 1. The van der Waals surface area contributed by atoms with Crippen molar-refractivity contribution in [3.8, 4) is 11.8 Å². The smallest absolute Gasteiger partial charge is 0.237 e. The highest BCUT2D eigenvalue weighted by Crippen LogP contribution is 2.26. The maximum Gasteiger partial charge on any atom is 0.237 e. The lowest BCUT2D eigenvalue weighted by atomic mass is 10.0. The molecule has 1 aromatic heterocycles. The van der Waals surface area contributed by atoms with Crippen LogP contribution in [0.1, 0.15) is 25.7 Å². The first kappa shape index (κ1) is 20.4. The summed E-state index contributed by atoms with van der Waals surface area (Å²) < 4.78 is 5.28. The molecule has 0 N–H and O–H groups in total. The van der Waals surface area contributed by atoms with Gasteiger partial charge >= 0.3 is 0 Å². The molecule has 0 saturated carbocycles. The molecule has 1 atom stereocenters. The molecule has 7 heteroatoms. The molecule has 158 valence electrons. The fraction of sp³-hybridized carbons (Fsp3) is 0.522. The van der Waals surface area contributed by atoms with Crippen LogP contribution in [0, 0.1) is 11.3 Å². The van der Waals surface area contributed by atoms with E-state index in [2.05, 4.69) is 34.0 Å². The van der Waals surface area contributed by atoms with Crippen LogP contribution in [-0.2, 0) is 4.79 Å². The molecule has 1 amide bonds. The van der Waals surface area contributed by atoms with Crippen LogP contribution in [0.15, 0.2) is 30.5 Å². The fourth-order valence-corrected chi connectivity index (χ4v) is 4.57. The number of nitriles is 1. The number of fused-ring (bicyclic) bond motifs is 1. The first-order chi connectivity index (χ1) is 14.6. The van der Waals surface area contributed by atoms with Crippen LogP contribution in [0.4, 0.5) is 5.69 Å². The Labute approximate surface area is 177 Å². The van der Waals surface area contributed by atoms with Crippen molar-refractivity contribution in [2.45, 2.75) is 37.8 Å². The zero-order valence-corrected chi connectivity index (χ0v) is 17.8. The fourth-order valence-electron chi connectivity index (χ4n) is 4.57. The second kappa shape index (κ2) is 8.88. The lowest BCUT2D eigenvalue weighted by molar-refractivity contribution is -0.132. The maximum atomic E-state index is 12.6. The molecule has 2 aromatic rings. The molecule has 7 nitrogen and oxygen atoms in total. The van der Waals surface area contributed by atoms with E-state index in [4.69, 9.17) is 4.74 Å². The number of aromatic nitrogens is 1. The third-order valence-electron chi connectivity index (χ3n) is 6.47. The van der Waals surface area contributed by atoms with Gasteiger partial charge in [0.25, 0.3) is 0 Å². The number of nitrogens with zero attached hydrogens (tertiary/aromatic N) is 5. The molecule has 30 heavy (non-hydrogen) atoms. The average Bonchev–Trinajstić information content (AvgIpc) is 3.27. The minimum Gasteiger partial charge on any atom is -0.497 e. The maximum absolute atomic E-state index is 12.6. The molecule has 3 heterocycles. The molecule has 0 bridgehead atoms. The summed E-state index contributed by atoms with van der Waals surface area (Å²) in [5.74, 6) is 0.910. The van der Waals surface area contributed by atoms with Crippen LogP contribution in [0.2, 0.25) is 0 Å². The quantitative estimate of drug-likeness (QED) is 0.759. The number of amides is 1. The van der Waals surface area contributed by atoms with E-state index in [0.717, 1.165) is 67.7 Å². The number of carbonyl (C=O) groups excluding carboxylic acids is 1. The Morgan fingerprint density at radius 3 is 2.80 bits per heavy atom. The van der Waals surface area contributed by atoms with Crippen molar-refractivity contribution in [2.24, 2.45) is 0 Å². The predicted octanol–water partition coefficient (Wildman–Crippen LogP) is 2.66. The number of benzene rings is 1. The molecule has 4 rings (SSSR count). The summed E-state index contributed by atoms with van der Waals surface area (Å²) >= 11 is 0. The van der Waals surface area contributed by atoms with Crippen LogP contribution in [0.3, 0.4) is 0 Å². The van der Waals surface area contributed by atoms with E-state index in [-0.39, 0.29) is 11.9 Å². The number of pyridine rings is 1. The minimum atomic E-state index is -0.235. The third kappa shape index (κ3) is 4.19. The van der Waals surface area contributed by atoms with E-state index in [9.17, 15) is 10.1 Å². The predicted molar refractivity (Wildman–Crippen MR) is 117 cm³/mol. The van der Waals surface area contributed by atoms with Gasteiger partial charge in [-0.1, -0.05) is 0 Å². The van der Waals surface area contributed by atoms with Crippen molar-refractivity contribution >= 4 is 22.5 Å². The van der Waals surface area contributed by atoms with Gasteiger partial charge in [0.15, 0.2) is 0 Å². The van der Waals surface area contributed by atoms with Gasteiger partial charge in [0.05, 0.1) is 37.1 Å². The van der Waals surface area contributed by atoms with E-state index >= 15 is 0 Å². The monoisotopic (exact) mass is 407 g/mol.